The molecule has 1 aliphatic heterocycles. The van der Waals surface area contributed by atoms with E-state index in [4.69, 9.17) is 9.52 Å². The first kappa shape index (κ1) is 26.4. The van der Waals surface area contributed by atoms with E-state index >= 15 is 0 Å². The van der Waals surface area contributed by atoms with Crippen molar-refractivity contribution >= 4 is 23.6 Å². The number of nitrogens with zero attached hydrogens (tertiary/aromatic N) is 4. The summed E-state index contributed by atoms with van der Waals surface area (Å²) in [5.41, 5.74) is 9.81. The molecular weight excluding hydrogens is 528 g/mol. The maximum atomic E-state index is 5.96. The van der Waals surface area contributed by atoms with Gasteiger partial charge < -0.3 is 4.42 Å². The maximum Gasteiger partial charge on any atom is 0.248 e. The fourth-order valence-corrected chi connectivity index (χ4v) is 5.35. The number of aromatic nitrogens is 2. The van der Waals surface area contributed by atoms with Crippen molar-refractivity contribution in [3.8, 4) is 22.9 Å². The zero-order chi connectivity index (χ0) is 29.0. The predicted molar refractivity (Wildman–Crippen MR) is 175 cm³/mol. The lowest BCUT2D eigenvalue weighted by Gasteiger charge is -2.24. The van der Waals surface area contributed by atoms with Gasteiger partial charge in [-0.25, -0.2) is 0 Å². The van der Waals surface area contributed by atoms with Crippen molar-refractivity contribution in [3.63, 3.8) is 0 Å². The van der Waals surface area contributed by atoms with Gasteiger partial charge in [0.2, 0.25) is 11.8 Å². The minimum Gasteiger partial charge on any atom is -0.416 e. The Morgan fingerprint density at radius 1 is 0.628 bits per heavy atom. The average molecular weight is 559 g/mol. The Bertz CT molecular complexity index is 1890. The molecule has 5 heteroatoms. The summed E-state index contributed by atoms with van der Waals surface area (Å²) in [6, 6.07) is 45.9. The molecule has 0 aliphatic carbocycles. The van der Waals surface area contributed by atoms with Crippen LogP contribution in [0, 0.1) is 6.92 Å². The molecule has 5 nitrogen and oxygen atoms in total. The molecule has 1 aromatic heterocycles. The number of benzene rings is 5. The van der Waals surface area contributed by atoms with Crippen molar-refractivity contribution in [1.82, 2.24) is 10.2 Å². The summed E-state index contributed by atoms with van der Waals surface area (Å²) in [7, 11) is 0. The lowest BCUT2D eigenvalue weighted by Crippen LogP contribution is -2.18. The summed E-state index contributed by atoms with van der Waals surface area (Å²) >= 11 is 0. The second-order valence-corrected chi connectivity index (χ2v) is 10.7. The molecule has 1 unspecified atom stereocenters. The highest BCUT2D eigenvalue weighted by Crippen LogP contribution is 2.37. The van der Waals surface area contributed by atoms with Crippen LogP contribution in [-0.2, 0) is 0 Å². The van der Waals surface area contributed by atoms with E-state index < -0.39 is 0 Å². The highest BCUT2D eigenvalue weighted by atomic mass is 16.4. The third-order valence-electron chi connectivity index (χ3n) is 7.68. The average Bonchev–Trinajstić information content (AvgIpc) is 3.75. The van der Waals surface area contributed by atoms with Crippen molar-refractivity contribution in [3.05, 3.63) is 161 Å². The van der Waals surface area contributed by atoms with Gasteiger partial charge in [-0.15, -0.1) is 10.2 Å². The summed E-state index contributed by atoms with van der Waals surface area (Å²) in [5, 5.41) is 15.8. The van der Waals surface area contributed by atoms with E-state index in [1.165, 1.54) is 16.7 Å². The molecule has 0 saturated heterocycles. The number of anilines is 1. The van der Waals surface area contributed by atoms with E-state index in [9.17, 15) is 0 Å². The normalized spacial score (nSPS) is 14.8. The lowest BCUT2D eigenvalue weighted by atomic mass is 9.98. The molecule has 43 heavy (non-hydrogen) atoms. The number of aryl methyl sites for hydroxylation is 1. The Morgan fingerprint density at radius 3 is 2.02 bits per heavy atom. The van der Waals surface area contributed by atoms with Crippen LogP contribution in [0.4, 0.5) is 5.69 Å². The molecule has 2 heterocycles. The summed E-state index contributed by atoms with van der Waals surface area (Å²) in [6.07, 6.45) is 5.08. The standard InChI is InChI=1S/C38H30N4O/c1-27-15-21-30(22-16-27)35-26-36(31-10-4-2-5-11-31)42(41-35)34-23-19-28(20-24-34)17-18-29-9-8-14-33(25-29)38-40-39-37(43-38)32-12-6-3-7-13-32/h2-25,36H,26H2,1H3/b18-17+. The first-order chi connectivity index (χ1) is 21.2. The van der Waals surface area contributed by atoms with Crippen molar-refractivity contribution in [2.45, 2.75) is 19.4 Å². The van der Waals surface area contributed by atoms with Crippen molar-refractivity contribution in [2.24, 2.45) is 5.10 Å². The summed E-state index contributed by atoms with van der Waals surface area (Å²) in [4.78, 5) is 0. The van der Waals surface area contributed by atoms with Crippen LogP contribution in [0.15, 0.2) is 143 Å². The van der Waals surface area contributed by atoms with Gasteiger partial charge in [-0.2, -0.15) is 5.10 Å². The third kappa shape index (κ3) is 5.79. The van der Waals surface area contributed by atoms with Crippen molar-refractivity contribution in [1.29, 1.82) is 0 Å². The minimum atomic E-state index is 0.147. The molecule has 0 bridgehead atoms. The SMILES string of the molecule is Cc1ccc(C2=NN(c3ccc(/C=C/c4cccc(-c5nnc(-c6ccccc6)o5)c4)cc3)C(c3ccccc3)C2)cc1. The van der Waals surface area contributed by atoms with Crippen LogP contribution in [0.3, 0.4) is 0 Å². The number of hydrazone groups is 1. The van der Waals surface area contributed by atoms with Gasteiger partial charge in [0.1, 0.15) is 0 Å². The minimum absolute atomic E-state index is 0.147. The van der Waals surface area contributed by atoms with Gasteiger partial charge in [0.15, 0.2) is 0 Å². The number of hydrogen-bond acceptors (Lipinski definition) is 5. The van der Waals surface area contributed by atoms with Crippen LogP contribution in [0.2, 0.25) is 0 Å². The van der Waals surface area contributed by atoms with E-state index in [0.29, 0.717) is 11.8 Å². The fraction of sp³-hybridized carbons (Fsp3) is 0.0789. The summed E-state index contributed by atoms with van der Waals surface area (Å²) in [6.45, 7) is 2.11. The summed E-state index contributed by atoms with van der Waals surface area (Å²) < 4.78 is 5.96. The monoisotopic (exact) mass is 558 g/mol. The Balaban J connectivity index is 1.11. The van der Waals surface area contributed by atoms with Crippen molar-refractivity contribution < 1.29 is 4.42 Å². The maximum absolute atomic E-state index is 5.96. The smallest absolute Gasteiger partial charge is 0.248 e. The van der Waals surface area contributed by atoms with Crippen LogP contribution in [-0.4, -0.2) is 15.9 Å². The molecule has 6 aromatic rings. The second kappa shape index (κ2) is 11.7. The zero-order valence-corrected chi connectivity index (χ0v) is 23.8. The molecule has 0 saturated carbocycles. The van der Waals surface area contributed by atoms with Crippen LogP contribution in [0.25, 0.3) is 35.1 Å². The van der Waals surface area contributed by atoms with Gasteiger partial charge >= 0.3 is 0 Å². The largest absolute Gasteiger partial charge is 0.416 e. The Labute approximate surface area is 251 Å². The van der Waals surface area contributed by atoms with Gasteiger partial charge in [0.05, 0.1) is 17.4 Å². The van der Waals surface area contributed by atoms with Crippen molar-refractivity contribution in [2.75, 3.05) is 5.01 Å². The van der Waals surface area contributed by atoms with E-state index in [0.717, 1.165) is 40.1 Å². The van der Waals surface area contributed by atoms with Gasteiger partial charge in [0.25, 0.3) is 0 Å². The molecule has 0 fully saturated rings. The molecule has 208 valence electrons. The Morgan fingerprint density at radius 2 is 1.28 bits per heavy atom. The molecule has 0 spiro atoms. The van der Waals surface area contributed by atoms with Gasteiger partial charge in [-0.1, -0.05) is 115 Å². The highest BCUT2D eigenvalue weighted by Gasteiger charge is 2.29. The van der Waals surface area contributed by atoms with Gasteiger partial charge in [-0.05, 0) is 65.6 Å². The van der Waals surface area contributed by atoms with Crippen LogP contribution >= 0.6 is 0 Å². The molecule has 1 aliphatic rings. The van der Waals surface area contributed by atoms with Crippen LogP contribution in [0.5, 0.6) is 0 Å². The zero-order valence-electron chi connectivity index (χ0n) is 23.8. The number of rotatable bonds is 7. The lowest BCUT2D eigenvalue weighted by molar-refractivity contribution is 0.584. The first-order valence-electron chi connectivity index (χ1n) is 14.5. The van der Waals surface area contributed by atoms with E-state index in [2.05, 4.69) is 125 Å². The van der Waals surface area contributed by atoms with Gasteiger partial charge in [0, 0.05) is 17.5 Å². The Kier molecular flexibility index (Phi) is 7.20. The molecule has 0 radical (unpaired) electrons. The predicted octanol–water partition coefficient (Wildman–Crippen LogP) is 9.24. The quantitative estimate of drug-likeness (QED) is 0.183. The molecule has 5 aromatic carbocycles. The molecular formula is C38H30N4O. The van der Waals surface area contributed by atoms with Crippen LogP contribution < -0.4 is 5.01 Å². The molecule has 0 N–H and O–H groups in total. The first-order valence-corrected chi connectivity index (χ1v) is 14.5. The molecule has 7 rings (SSSR count). The Hall–Kier alpha value is -5.55. The van der Waals surface area contributed by atoms with E-state index in [1.54, 1.807) is 0 Å². The highest BCUT2D eigenvalue weighted by molar-refractivity contribution is 6.03. The van der Waals surface area contributed by atoms with Gasteiger partial charge in [-0.3, -0.25) is 5.01 Å². The second-order valence-electron chi connectivity index (χ2n) is 10.7. The van der Waals surface area contributed by atoms with Crippen LogP contribution in [0.1, 0.15) is 40.3 Å². The van der Waals surface area contributed by atoms with E-state index in [-0.39, 0.29) is 6.04 Å². The molecule has 1 atom stereocenters. The third-order valence-corrected chi connectivity index (χ3v) is 7.68. The topological polar surface area (TPSA) is 54.5 Å². The molecule has 0 amide bonds. The summed E-state index contributed by atoms with van der Waals surface area (Å²) in [5.74, 6) is 1.02. The van der Waals surface area contributed by atoms with E-state index in [1.807, 2.05) is 42.5 Å². The fourth-order valence-electron chi connectivity index (χ4n) is 5.35. The number of hydrogen-bond donors (Lipinski definition) is 0.